The Morgan fingerprint density at radius 3 is 1.75 bits per heavy atom. The lowest BCUT2D eigenvalue weighted by Crippen LogP contribution is -2.15. The molecule has 0 saturated carbocycles. The minimum absolute atomic E-state index is 0.0392. The lowest BCUT2D eigenvalue weighted by molar-refractivity contribution is -0.143. The molecule has 0 aliphatic carbocycles. The highest BCUT2D eigenvalue weighted by Crippen LogP contribution is 2.37. The number of hydrogen-bond donors (Lipinski definition) is 2. The average molecular weight is 357 g/mol. The van der Waals surface area contributed by atoms with Gasteiger partial charge in [0.15, 0.2) is 0 Å². The molecule has 10 heteroatoms. The van der Waals surface area contributed by atoms with Crippen molar-refractivity contribution in [3.05, 3.63) is 29.3 Å². The highest BCUT2D eigenvalue weighted by atomic mass is 19.4. The van der Waals surface area contributed by atoms with Crippen LogP contribution in [0.15, 0.2) is 18.2 Å². The molecule has 0 heterocycles. The van der Waals surface area contributed by atoms with E-state index < -0.39 is 41.0 Å². The number of anilines is 1. The number of halogens is 6. The number of rotatable bonds is 6. The smallest absolute Gasteiger partial charge is 0.416 e. The number of nitrogens with one attached hydrogen (secondary N) is 1. The molecule has 0 atom stereocenters. The minimum Gasteiger partial charge on any atom is -0.481 e. The van der Waals surface area contributed by atoms with Crippen molar-refractivity contribution in [3.8, 4) is 0 Å². The molecular weight excluding hydrogens is 344 g/mol. The molecule has 0 aliphatic heterocycles. The van der Waals surface area contributed by atoms with Gasteiger partial charge in [-0.15, -0.1) is 0 Å². The summed E-state index contributed by atoms with van der Waals surface area (Å²) in [6.45, 7) is 0. The zero-order valence-electron chi connectivity index (χ0n) is 12.1. The summed E-state index contributed by atoms with van der Waals surface area (Å²) in [7, 11) is 0. The summed E-state index contributed by atoms with van der Waals surface area (Å²) in [6.07, 6.45) is -10.1. The van der Waals surface area contributed by atoms with Crippen molar-refractivity contribution in [2.45, 2.75) is 38.0 Å². The molecule has 1 rings (SSSR count). The van der Waals surface area contributed by atoms with Crippen LogP contribution in [-0.4, -0.2) is 17.0 Å². The fourth-order valence-corrected chi connectivity index (χ4v) is 1.81. The van der Waals surface area contributed by atoms with Crippen LogP contribution in [0.25, 0.3) is 0 Å². The SMILES string of the molecule is O=C(O)CCCCC(=O)Nc1cc(C(F)(F)F)cc(C(F)(F)F)c1. The molecule has 134 valence electrons. The van der Waals surface area contributed by atoms with Crippen LogP contribution in [0.1, 0.15) is 36.8 Å². The van der Waals surface area contributed by atoms with Gasteiger partial charge in [0.2, 0.25) is 5.91 Å². The number of hydrogen-bond acceptors (Lipinski definition) is 2. The lowest BCUT2D eigenvalue weighted by Gasteiger charge is -2.14. The first kappa shape index (κ1) is 19.8. The highest BCUT2D eigenvalue weighted by molar-refractivity contribution is 5.90. The first-order valence-corrected chi connectivity index (χ1v) is 6.70. The highest BCUT2D eigenvalue weighted by Gasteiger charge is 2.37. The van der Waals surface area contributed by atoms with Crippen molar-refractivity contribution in [1.29, 1.82) is 0 Å². The van der Waals surface area contributed by atoms with Crippen LogP contribution in [-0.2, 0) is 21.9 Å². The topological polar surface area (TPSA) is 66.4 Å². The Morgan fingerprint density at radius 1 is 0.875 bits per heavy atom. The quantitative estimate of drug-likeness (QED) is 0.589. The molecule has 4 nitrogen and oxygen atoms in total. The second kappa shape index (κ2) is 7.54. The number of carboxylic acid groups (broad SMARTS) is 1. The maximum Gasteiger partial charge on any atom is 0.416 e. The van der Waals surface area contributed by atoms with Gasteiger partial charge in [-0.2, -0.15) is 26.3 Å². The molecule has 0 saturated heterocycles. The molecule has 0 aliphatic rings. The zero-order valence-corrected chi connectivity index (χ0v) is 12.1. The molecule has 0 unspecified atom stereocenters. The van der Waals surface area contributed by atoms with Gasteiger partial charge >= 0.3 is 18.3 Å². The first-order chi connectivity index (χ1) is 10.9. The molecule has 1 aromatic carbocycles. The van der Waals surface area contributed by atoms with Crippen molar-refractivity contribution in [3.63, 3.8) is 0 Å². The van der Waals surface area contributed by atoms with Crippen LogP contribution in [0.4, 0.5) is 32.0 Å². The van der Waals surface area contributed by atoms with Gasteiger partial charge in [0.05, 0.1) is 11.1 Å². The summed E-state index contributed by atoms with van der Waals surface area (Å²) in [5.74, 6) is -1.86. The molecule has 0 fully saturated rings. The number of benzene rings is 1. The van der Waals surface area contributed by atoms with E-state index in [2.05, 4.69) is 0 Å². The molecule has 0 spiro atoms. The number of amides is 1. The van der Waals surface area contributed by atoms with E-state index in [0.717, 1.165) is 0 Å². The zero-order chi connectivity index (χ0) is 18.5. The van der Waals surface area contributed by atoms with E-state index in [1.165, 1.54) is 0 Å². The molecule has 1 amide bonds. The summed E-state index contributed by atoms with van der Waals surface area (Å²) in [6, 6.07) is 0.775. The monoisotopic (exact) mass is 357 g/mol. The molecule has 2 N–H and O–H groups in total. The minimum atomic E-state index is -5.00. The molecule has 0 radical (unpaired) electrons. The number of carbonyl (C=O) groups excluding carboxylic acids is 1. The fourth-order valence-electron chi connectivity index (χ4n) is 1.81. The largest absolute Gasteiger partial charge is 0.481 e. The van der Waals surface area contributed by atoms with Crippen molar-refractivity contribution < 1.29 is 41.0 Å². The summed E-state index contributed by atoms with van der Waals surface area (Å²) >= 11 is 0. The number of unbranched alkanes of at least 4 members (excludes halogenated alkanes) is 1. The second-order valence-corrected chi connectivity index (χ2v) is 4.94. The molecule has 24 heavy (non-hydrogen) atoms. The van der Waals surface area contributed by atoms with Gasteiger partial charge in [0.1, 0.15) is 0 Å². The third-order valence-corrected chi connectivity index (χ3v) is 2.92. The molecule has 0 bridgehead atoms. The van der Waals surface area contributed by atoms with E-state index in [9.17, 15) is 35.9 Å². The summed E-state index contributed by atoms with van der Waals surface area (Å²) in [5, 5.41) is 10.4. The Bertz CT molecular complexity index is 577. The van der Waals surface area contributed by atoms with Crippen molar-refractivity contribution in [1.82, 2.24) is 0 Å². The van der Waals surface area contributed by atoms with Crippen LogP contribution >= 0.6 is 0 Å². The van der Waals surface area contributed by atoms with Crippen LogP contribution in [0.2, 0.25) is 0 Å². The van der Waals surface area contributed by atoms with Gasteiger partial charge < -0.3 is 10.4 Å². The predicted molar refractivity (Wildman–Crippen MR) is 71.2 cm³/mol. The maximum absolute atomic E-state index is 12.7. The Hall–Kier alpha value is -2.26. The number of aliphatic carboxylic acids is 1. The summed E-state index contributed by atoms with van der Waals surface area (Å²) < 4.78 is 76.0. The van der Waals surface area contributed by atoms with Gasteiger partial charge in [0, 0.05) is 18.5 Å². The van der Waals surface area contributed by atoms with Crippen molar-refractivity contribution >= 4 is 17.6 Å². The van der Waals surface area contributed by atoms with Crippen LogP contribution < -0.4 is 5.32 Å². The van der Waals surface area contributed by atoms with Crippen LogP contribution in [0.5, 0.6) is 0 Å². The van der Waals surface area contributed by atoms with E-state index in [1.807, 2.05) is 5.32 Å². The van der Waals surface area contributed by atoms with Crippen LogP contribution in [0.3, 0.4) is 0 Å². The summed E-state index contributed by atoms with van der Waals surface area (Å²) in [4.78, 5) is 21.8. The fraction of sp³-hybridized carbons (Fsp3) is 0.429. The van der Waals surface area contributed by atoms with Crippen molar-refractivity contribution in [2.24, 2.45) is 0 Å². The third kappa shape index (κ3) is 6.47. The van der Waals surface area contributed by atoms with Crippen LogP contribution in [0, 0.1) is 0 Å². The van der Waals surface area contributed by atoms with E-state index in [4.69, 9.17) is 5.11 Å². The molecule has 1 aromatic rings. The second-order valence-electron chi connectivity index (χ2n) is 4.94. The first-order valence-electron chi connectivity index (χ1n) is 6.70. The Kier molecular flexibility index (Phi) is 6.22. The van der Waals surface area contributed by atoms with Gasteiger partial charge in [0.25, 0.3) is 0 Å². The summed E-state index contributed by atoms with van der Waals surface area (Å²) in [5.41, 5.74) is -3.68. The standard InChI is InChI=1S/C14H13F6NO3/c15-13(16,17)8-5-9(14(18,19)20)7-10(6-8)21-11(22)3-1-2-4-12(23)24/h5-7H,1-4H2,(H,21,22)(H,23,24). The normalized spacial score (nSPS) is 12.1. The Labute approximate surface area is 132 Å². The number of carbonyl (C=O) groups is 2. The number of carboxylic acids is 1. The average Bonchev–Trinajstić information content (AvgIpc) is 2.41. The van der Waals surface area contributed by atoms with Gasteiger partial charge in [-0.25, -0.2) is 0 Å². The van der Waals surface area contributed by atoms with E-state index >= 15 is 0 Å². The number of alkyl halides is 6. The van der Waals surface area contributed by atoms with Gasteiger partial charge in [-0.3, -0.25) is 9.59 Å². The Morgan fingerprint density at radius 2 is 1.33 bits per heavy atom. The molecular formula is C14H13F6NO3. The van der Waals surface area contributed by atoms with Gasteiger partial charge in [-0.1, -0.05) is 0 Å². The molecule has 0 aromatic heterocycles. The van der Waals surface area contributed by atoms with E-state index in [-0.39, 0.29) is 31.7 Å². The Balaban J connectivity index is 2.86. The third-order valence-electron chi connectivity index (χ3n) is 2.92. The van der Waals surface area contributed by atoms with E-state index in [1.54, 1.807) is 0 Å². The lowest BCUT2D eigenvalue weighted by atomic mass is 10.1. The van der Waals surface area contributed by atoms with E-state index in [0.29, 0.717) is 12.1 Å². The maximum atomic E-state index is 12.7. The van der Waals surface area contributed by atoms with Gasteiger partial charge in [-0.05, 0) is 31.0 Å². The predicted octanol–water partition coefficient (Wildman–Crippen LogP) is 4.31. The van der Waals surface area contributed by atoms with Crippen molar-refractivity contribution in [2.75, 3.05) is 5.32 Å².